The molecule has 2 rings (SSSR count). The second kappa shape index (κ2) is 6.19. The number of aryl methyl sites for hydroxylation is 1. The number of aromatic nitrogens is 1. The van der Waals surface area contributed by atoms with Gasteiger partial charge in [0.15, 0.2) is 11.6 Å². The lowest BCUT2D eigenvalue weighted by atomic mass is 9.97. The quantitative estimate of drug-likeness (QED) is 0.853. The number of pyridine rings is 1. The maximum Gasteiger partial charge on any atom is 0.167 e. The van der Waals surface area contributed by atoms with Crippen molar-refractivity contribution < 1.29 is 18.3 Å². The molecule has 1 atom stereocenters. The van der Waals surface area contributed by atoms with Gasteiger partial charge in [-0.2, -0.15) is 0 Å². The fraction of sp³-hybridized carbons (Fsp3) is 0.188. The van der Waals surface area contributed by atoms with E-state index in [2.05, 4.69) is 16.9 Å². The lowest BCUT2D eigenvalue weighted by molar-refractivity contribution is 0.206. The summed E-state index contributed by atoms with van der Waals surface area (Å²) in [6.07, 6.45) is -0.359. The van der Waals surface area contributed by atoms with E-state index in [1.807, 2.05) is 0 Å². The number of hydrogen-bond acceptors (Lipinski definition) is 3. The highest BCUT2D eigenvalue weighted by atomic mass is 19.2. The highest BCUT2D eigenvalue weighted by Gasteiger charge is 2.24. The normalized spacial score (nSPS) is 12.1. The Kier molecular flexibility index (Phi) is 4.51. The first kappa shape index (κ1) is 16.0. The molecule has 22 heavy (non-hydrogen) atoms. The SMILES string of the molecule is C=C(NC)c1cc(C)c(C(O)c2c(F)ccc(F)c2F)cn1. The number of nitrogens with zero attached hydrogens (tertiary/aromatic N) is 1. The number of aliphatic hydroxyl groups is 1. The van der Waals surface area contributed by atoms with Crippen LogP contribution >= 0.6 is 0 Å². The van der Waals surface area contributed by atoms with Gasteiger partial charge in [0.05, 0.1) is 17.0 Å². The lowest BCUT2D eigenvalue weighted by Crippen LogP contribution is -2.11. The topological polar surface area (TPSA) is 45.1 Å². The number of rotatable bonds is 4. The smallest absolute Gasteiger partial charge is 0.167 e. The highest BCUT2D eigenvalue weighted by molar-refractivity contribution is 5.59. The van der Waals surface area contributed by atoms with E-state index < -0.39 is 29.1 Å². The largest absolute Gasteiger partial charge is 0.387 e. The Morgan fingerprint density at radius 3 is 2.50 bits per heavy atom. The molecule has 0 bridgehead atoms. The molecule has 0 aliphatic carbocycles. The van der Waals surface area contributed by atoms with E-state index in [0.29, 0.717) is 23.0 Å². The van der Waals surface area contributed by atoms with E-state index in [9.17, 15) is 18.3 Å². The summed E-state index contributed by atoms with van der Waals surface area (Å²) in [7, 11) is 1.68. The van der Waals surface area contributed by atoms with Crippen molar-refractivity contribution in [2.45, 2.75) is 13.0 Å². The van der Waals surface area contributed by atoms with Crippen LogP contribution in [0.5, 0.6) is 0 Å². The average Bonchev–Trinajstić information content (AvgIpc) is 2.50. The molecule has 2 aromatic rings. The Labute approximate surface area is 126 Å². The van der Waals surface area contributed by atoms with Crippen molar-refractivity contribution in [1.29, 1.82) is 0 Å². The minimum absolute atomic E-state index is 0.191. The van der Waals surface area contributed by atoms with Crippen LogP contribution in [0.4, 0.5) is 13.2 Å². The van der Waals surface area contributed by atoms with Crippen LogP contribution in [-0.2, 0) is 0 Å². The van der Waals surface area contributed by atoms with Crippen molar-refractivity contribution in [3.63, 3.8) is 0 Å². The minimum atomic E-state index is -1.65. The molecule has 3 nitrogen and oxygen atoms in total. The molecule has 0 saturated heterocycles. The van der Waals surface area contributed by atoms with E-state index >= 15 is 0 Å². The monoisotopic (exact) mass is 308 g/mol. The van der Waals surface area contributed by atoms with Crippen molar-refractivity contribution in [3.8, 4) is 0 Å². The first-order valence-electron chi connectivity index (χ1n) is 6.51. The molecule has 6 heteroatoms. The van der Waals surface area contributed by atoms with Crippen LogP contribution in [0.2, 0.25) is 0 Å². The van der Waals surface area contributed by atoms with Gasteiger partial charge in [-0.3, -0.25) is 4.98 Å². The van der Waals surface area contributed by atoms with E-state index in [1.165, 1.54) is 6.20 Å². The van der Waals surface area contributed by atoms with Crippen molar-refractivity contribution in [1.82, 2.24) is 10.3 Å². The van der Waals surface area contributed by atoms with E-state index in [-0.39, 0.29) is 5.56 Å². The lowest BCUT2D eigenvalue weighted by Gasteiger charge is -2.16. The summed E-state index contributed by atoms with van der Waals surface area (Å²) in [5.41, 5.74) is 1.11. The van der Waals surface area contributed by atoms with E-state index in [1.54, 1.807) is 20.0 Å². The molecular weight excluding hydrogens is 293 g/mol. The molecule has 116 valence electrons. The van der Waals surface area contributed by atoms with Gasteiger partial charge in [-0.05, 0) is 30.7 Å². The van der Waals surface area contributed by atoms with Crippen LogP contribution in [0.25, 0.3) is 5.70 Å². The summed E-state index contributed by atoms with van der Waals surface area (Å²) < 4.78 is 40.8. The fourth-order valence-electron chi connectivity index (χ4n) is 2.09. The zero-order valence-corrected chi connectivity index (χ0v) is 12.1. The van der Waals surface area contributed by atoms with Gasteiger partial charge in [0, 0.05) is 18.8 Å². The second-order valence-electron chi connectivity index (χ2n) is 4.81. The van der Waals surface area contributed by atoms with Gasteiger partial charge in [-0.25, -0.2) is 13.2 Å². The summed E-state index contributed by atoms with van der Waals surface area (Å²) in [6.45, 7) is 5.41. The minimum Gasteiger partial charge on any atom is -0.387 e. The third-order valence-electron chi connectivity index (χ3n) is 3.41. The molecular formula is C16H15F3N2O. The van der Waals surface area contributed by atoms with Crippen molar-refractivity contribution in [2.75, 3.05) is 7.05 Å². The Bertz CT molecular complexity index is 732. The maximum absolute atomic E-state index is 13.8. The first-order chi connectivity index (χ1) is 10.4. The van der Waals surface area contributed by atoms with Gasteiger partial charge >= 0.3 is 0 Å². The van der Waals surface area contributed by atoms with Crippen molar-refractivity contribution >= 4 is 5.70 Å². The molecule has 1 unspecified atom stereocenters. The molecule has 2 N–H and O–H groups in total. The van der Waals surface area contributed by atoms with E-state index in [4.69, 9.17) is 0 Å². The molecule has 0 saturated carbocycles. The molecule has 1 aromatic heterocycles. The third kappa shape index (κ3) is 2.82. The summed E-state index contributed by atoms with van der Waals surface area (Å²) in [4.78, 5) is 4.08. The Morgan fingerprint density at radius 1 is 1.27 bits per heavy atom. The van der Waals surface area contributed by atoms with Gasteiger partial charge in [-0.1, -0.05) is 6.58 Å². The Hall–Kier alpha value is -2.34. The molecule has 0 spiro atoms. The molecule has 0 aliphatic rings. The summed E-state index contributed by atoms with van der Waals surface area (Å²) >= 11 is 0. The molecule has 0 radical (unpaired) electrons. The van der Waals surface area contributed by atoms with Crippen LogP contribution < -0.4 is 5.32 Å². The van der Waals surface area contributed by atoms with E-state index in [0.717, 1.165) is 6.07 Å². The zero-order chi connectivity index (χ0) is 16.4. The molecule has 0 aliphatic heterocycles. The summed E-state index contributed by atoms with van der Waals surface area (Å²) in [5.74, 6) is -3.65. The Morgan fingerprint density at radius 2 is 1.91 bits per heavy atom. The number of halogens is 3. The third-order valence-corrected chi connectivity index (χ3v) is 3.41. The predicted octanol–water partition coefficient (Wildman–Crippen LogP) is 3.08. The average molecular weight is 308 g/mol. The summed E-state index contributed by atoms with van der Waals surface area (Å²) in [6, 6.07) is 3.06. The molecule has 1 heterocycles. The van der Waals surface area contributed by atoms with Crippen LogP contribution in [0, 0.1) is 24.4 Å². The van der Waals surface area contributed by atoms with Crippen LogP contribution in [0.1, 0.15) is 28.5 Å². The molecule has 0 amide bonds. The molecule has 0 fully saturated rings. The second-order valence-corrected chi connectivity index (χ2v) is 4.81. The van der Waals surface area contributed by atoms with Gasteiger partial charge in [0.1, 0.15) is 11.9 Å². The highest BCUT2D eigenvalue weighted by Crippen LogP contribution is 2.30. The molecule has 1 aromatic carbocycles. The number of nitrogens with one attached hydrogen (secondary N) is 1. The van der Waals surface area contributed by atoms with Crippen LogP contribution in [0.15, 0.2) is 31.0 Å². The first-order valence-corrected chi connectivity index (χ1v) is 6.51. The number of benzene rings is 1. The van der Waals surface area contributed by atoms with Gasteiger partial charge < -0.3 is 10.4 Å². The van der Waals surface area contributed by atoms with Crippen molar-refractivity contribution in [3.05, 3.63) is 70.8 Å². The maximum atomic E-state index is 13.8. The van der Waals surface area contributed by atoms with Crippen LogP contribution in [-0.4, -0.2) is 17.1 Å². The summed E-state index contributed by atoms with van der Waals surface area (Å²) in [5, 5.41) is 13.0. The van der Waals surface area contributed by atoms with Gasteiger partial charge in [-0.15, -0.1) is 0 Å². The number of hydrogen-bond donors (Lipinski definition) is 2. The number of aliphatic hydroxyl groups excluding tert-OH is 1. The van der Waals surface area contributed by atoms with Gasteiger partial charge in [0.25, 0.3) is 0 Å². The van der Waals surface area contributed by atoms with Gasteiger partial charge in [0.2, 0.25) is 0 Å². The fourth-order valence-corrected chi connectivity index (χ4v) is 2.09. The zero-order valence-electron chi connectivity index (χ0n) is 12.1. The Balaban J connectivity index is 2.49. The standard InChI is InChI=1S/C16H15F3N2O/c1-8-6-13(9(2)20-3)21-7-10(8)16(22)14-11(17)4-5-12(18)15(14)19/h4-7,16,20,22H,2H2,1,3H3. The van der Waals surface area contributed by atoms with Crippen LogP contribution in [0.3, 0.4) is 0 Å². The predicted molar refractivity (Wildman–Crippen MR) is 77.4 cm³/mol. The van der Waals surface area contributed by atoms with Crippen molar-refractivity contribution in [2.24, 2.45) is 0 Å².